The van der Waals surface area contributed by atoms with E-state index in [9.17, 15) is 4.79 Å². The van der Waals surface area contributed by atoms with Crippen molar-refractivity contribution in [2.24, 2.45) is 0 Å². The number of aromatic nitrogens is 1. The zero-order chi connectivity index (χ0) is 17.3. The summed E-state index contributed by atoms with van der Waals surface area (Å²) in [5, 5.41) is 0.753. The standard InChI is InChI=1S/C19H19NO4/c1-11-5-6-15(13(3)20-11)9-22-17-8-7-16-18(24-14(4)21)10-23-19(16)12(17)2/h5-8,10H,9H2,1-4H3. The monoisotopic (exact) mass is 325 g/mol. The van der Waals surface area contributed by atoms with E-state index in [1.807, 2.05) is 45.0 Å². The number of furan rings is 1. The van der Waals surface area contributed by atoms with Crippen LogP contribution in [0, 0.1) is 20.8 Å². The molecule has 0 aliphatic rings. The van der Waals surface area contributed by atoms with Gasteiger partial charge in [-0.05, 0) is 39.0 Å². The summed E-state index contributed by atoms with van der Waals surface area (Å²) in [6.45, 7) is 7.65. The first-order chi connectivity index (χ1) is 11.5. The van der Waals surface area contributed by atoms with Crippen LogP contribution >= 0.6 is 0 Å². The topological polar surface area (TPSA) is 61.6 Å². The van der Waals surface area contributed by atoms with Gasteiger partial charge in [0, 0.05) is 29.4 Å². The van der Waals surface area contributed by atoms with E-state index in [1.54, 1.807) is 0 Å². The van der Waals surface area contributed by atoms with Crippen LogP contribution in [-0.4, -0.2) is 11.0 Å². The van der Waals surface area contributed by atoms with Crippen molar-refractivity contribution in [2.75, 3.05) is 0 Å². The van der Waals surface area contributed by atoms with Crippen molar-refractivity contribution in [3.8, 4) is 11.5 Å². The van der Waals surface area contributed by atoms with E-state index in [2.05, 4.69) is 4.98 Å². The average Bonchev–Trinajstić information content (AvgIpc) is 2.91. The highest BCUT2D eigenvalue weighted by molar-refractivity contribution is 5.90. The minimum Gasteiger partial charge on any atom is -0.488 e. The molecule has 0 unspecified atom stereocenters. The molecule has 0 atom stereocenters. The van der Waals surface area contributed by atoms with Crippen molar-refractivity contribution in [2.45, 2.75) is 34.3 Å². The fourth-order valence-corrected chi connectivity index (χ4v) is 2.61. The van der Waals surface area contributed by atoms with Crippen molar-refractivity contribution >= 4 is 16.9 Å². The van der Waals surface area contributed by atoms with Crippen LogP contribution in [0.2, 0.25) is 0 Å². The van der Waals surface area contributed by atoms with Crippen molar-refractivity contribution in [1.29, 1.82) is 0 Å². The van der Waals surface area contributed by atoms with Crippen molar-refractivity contribution < 1.29 is 18.7 Å². The molecule has 5 nitrogen and oxygen atoms in total. The summed E-state index contributed by atoms with van der Waals surface area (Å²) in [6, 6.07) is 7.69. The lowest BCUT2D eigenvalue weighted by atomic mass is 10.1. The molecule has 5 heteroatoms. The number of aryl methyl sites for hydroxylation is 3. The maximum absolute atomic E-state index is 11.1. The minimum absolute atomic E-state index is 0.377. The first-order valence-electron chi connectivity index (χ1n) is 7.71. The van der Waals surface area contributed by atoms with Crippen LogP contribution in [0.1, 0.15) is 29.4 Å². The highest BCUT2D eigenvalue weighted by Gasteiger charge is 2.14. The van der Waals surface area contributed by atoms with E-state index in [0.29, 0.717) is 17.9 Å². The van der Waals surface area contributed by atoms with Crippen LogP contribution in [0.5, 0.6) is 11.5 Å². The Morgan fingerprint density at radius 3 is 2.62 bits per heavy atom. The number of hydrogen-bond donors (Lipinski definition) is 0. The molecule has 0 fully saturated rings. The van der Waals surface area contributed by atoms with Crippen LogP contribution in [0.3, 0.4) is 0 Å². The van der Waals surface area contributed by atoms with Crippen LogP contribution in [0.4, 0.5) is 0 Å². The first-order valence-corrected chi connectivity index (χ1v) is 7.71. The van der Waals surface area contributed by atoms with E-state index in [4.69, 9.17) is 13.9 Å². The van der Waals surface area contributed by atoms with E-state index >= 15 is 0 Å². The number of esters is 1. The van der Waals surface area contributed by atoms with Gasteiger partial charge >= 0.3 is 5.97 Å². The molecule has 0 aliphatic carbocycles. The number of ether oxygens (including phenoxy) is 2. The van der Waals surface area contributed by atoms with Gasteiger partial charge in [0.1, 0.15) is 24.2 Å². The molecule has 0 bridgehead atoms. The number of carbonyl (C=O) groups is 1. The van der Waals surface area contributed by atoms with Crippen LogP contribution in [0.25, 0.3) is 11.0 Å². The number of nitrogens with zero attached hydrogens (tertiary/aromatic N) is 1. The van der Waals surface area contributed by atoms with Crippen LogP contribution < -0.4 is 9.47 Å². The number of carbonyl (C=O) groups excluding carboxylic acids is 1. The summed E-state index contributed by atoms with van der Waals surface area (Å²) in [7, 11) is 0. The fourth-order valence-electron chi connectivity index (χ4n) is 2.61. The second-order valence-electron chi connectivity index (χ2n) is 5.74. The van der Waals surface area contributed by atoms with Crippen molar-refractivity contribution in [3.63, 3.8) is 0 Å². The zero-order valence-corrected chi connectivity index (χ0v) is 14.2. The Balaban J connectivity index is 1.85. The second kappa shape index (κ2) is 6.35. The molecular weight excluding hydrogens is 306 g/mol. The van der Waals surface area contributed by atoms with Gasteiger partial charge < -0.3 is 13.9 Å². The Bertz CT molecular complexity index is 911. The lowest BCUT2D eigenvalue weighted by molar-refractivity contribution is -0.131. The van der Waals surface area contributed by atoms with Gasteiger partial charge in [-0.15, -0.1) is 0 Å². The van der Waals surface area contributed by atoms with Gasteiger partial charge in [0.25, 0.3) is 0 Å². The predicted octanol–water partition coefficient (Wildman–Crippen LogP) is 4.26. The summed E-state index contributed by atoms with van der Waals surface area (Å²) in [5.74, 6) is 0.773. The Morgan fingerprint density at radius 2 is 1.92 bits per heavy atom. The highest BCUT2D eigenvalue weighted by atomic mass is 16.5. The SMILES string of the molecule is CC(=O)Oc1coc2c(C)c(OCc3ccc(C)nc3C)ccc12. The van der Waals surface area contributed by atoms with Gasteiger partial charge in [0.2, 0.25) is 0 Å². The molecule has 0 radical (unpaired) electrons. The number of pyridine rings is 1. The van der Waals surface area contributed by atoms with E-state index < -0.39 is 0 Å². The van der Waals surface area contributed by atoms with Gasteiger partial charge in [-0.2, -0.15) is 0 Å². The van der Waals surface area contributed by atoms with Gasteiger partial charge in [0.15, 0.2) is 5.75 Å². The molecule has 0 N–H and O–H groups in total. The molecule has 0 aliphatic heterocycles. The van der Waals surface area contributed by atoms with Crippen molar-refractivity contribution in [3.05, 3.63) is 53.0 Å². The quantitative estimate of drug-likeness (QED) is 0.671. The third-order valence-electron chi connectivity index (χ3n) is 3.88. The Labute approximate surface area is 140 Å². The number of benzene rings is 1. The maximum atomic E-state index is 11.1. The summed E-state index contributed by atoms with van der Waals surface area (Å²) in [4.78, 5) is 15.6. The molecule has 0 saturated heterocycles. The summed E-state index contributed by atoms with van der Waals surface area (Å²) < 4.78 is 16.6. The Hall–Kier alpha value is -2.82. The third kappa shape index (κ3) is 3.11. The Morgan fingerprint density at radius 1 is 1.12 bits per heavy atom. The summed E-state index contributed by atoms with van der Waals surface area (Å²) in [6.07, 6.45) is 1.44. The molecule has 0 saturated carbocycles. The van der Waals surface area contributed by atoms with Gasteiger partial charge in [-0.25, -0.2) is 0 Å². The molecule has 1 aromatic carbocycles. The molecule has 24 heavy (non-hydrogen) atoms. The largest absolute Gasteiger partial charge is 0.488 e. The van der Waals surface area contributed by atoms with Gasteiger partial charge in [0.05, 0.1) is 5.39 Å². The average molecular weight is 325 g/mol. The smallest absolute Gasteiger partial charge is 0.308 e. The molecule has 124 valence electrons. The molecule has 0 amide bonds. The second-order valence-corrected chi connectivity index (χ2v) is 5.74. The molecular formula is C19H19NO4. The number of hydrogen-bond acceptors (Lipinski definition) is 5. The van der Waals surface area contributed by atoms with Crippen LogP contribution in [0.15, 0.2) is 34.9 Å². The highest BCUT2D eigenvalue weighted by Crippen LogP contribution is 2.35. The predicted molar refractivity (Wildman–Crippen MR) is 90.3 cm³/mol. The molecule has 3 rings (SSSR count). The molecule has 2 heterocycles. The van der Waals surface area contributed by atoms with Crippen LogP contribution in [-0.2, 0) is 11.4 Å². The summed E-state index contributed by atoms with van der Waals surface area (Å²) >= 11 is 0. The summed E-state index contributed by atoms with van der Waals surface area (Å²) in [5.41, 5.74) is 4.51. The van der Waals surface area contributed by atoms with Gasteiger partial charge in [-0.3, -0.25) is 9.78 Å². The van der Waals surface area contributed by atoms with Crippen molar-refractivity contribution in [1.82, 2.24) is 4.98 Å². The third-order valence-corrected chi connectivity index (χ3v) is 3.88. The van der Waals surface area contributed by atoms with E-state index in [-0.39, 0.29) is 5.97 Å². The maximum Gasteiger partial charge on any atom is 0.308 e. The lowest BCUT2D eigenvalue weighted by Gasteiger charge is -2.11. The first kappa shape index (κ1) is 16.1. The normalized spacial score (nSPS) is 10.8. The molecule has 0 spiro atoms. The van der Waals surface area contributed by atoms with E-state index in [1.165, 1.54) is 13.2 Å². The number of fused-ring (bicyclic) bond motifs is 1. The fraction of sp³-hybridized carbons (Fsp3) is 0.263. The zero-order valence-electron chi connectivity index (χ0n) is 14.2. The Kier molecular flexibility index (Phi) is 4.25. The molecule has 2 aromatic heterocycles. The minimum atomic E-state index is -0.377. The lowest BCUT2D eigenvalue weighted by Crippen LogP contribution is -2.02. The number of rotatable bonds is 4. The molecule has 3 aromatic rings. The van der Waals surface area contributed by atoms with Gasteiger partial charge in [-0.1, -0.05) is 6.07 Å². The van der Waals surface area contributed by atoms with E-state index in [0.717, 1.165) is 33.7 Å².